The number of fused-ring (bicyclic) bond motifs is 3. The molecule has 0 aromatic carbocycles. The molecule has 0 saturated heterocycles. The molecule has 2 N–H and O–H groups in total. The minimum absolute atomic E-state index is 0.408. The van der Waals surface area contributed by atoms with Crippen molar-refractivity contribution in [2.45, 2.75) is 37.8 Å². The summed E-state index contributed by atoms with van der Waals surface area (Å²) < 4.78 is 2.32. The molecule has 5 rings (SSSR count). The molecule has 0 radical (unpaired) electrons. The van der Waals surface area contributed by atoms with Crippen molar-refractivity contribution in [2.75, 3.05) is 5.32 Å². The SMILES string of the molecule is N#Cc1ccc(N[C@H]2CC[C@H](n3cnc4cnc5[nH]ccc5c43)CC2)nc1. The second kappa shape index (κ2) is 6.40. The number of imidazole rings is 1. The highest BCUT2D eigenvalue weighted by molar-refractivity contribution is 6.00. The number of anilines is 1. The molecule has 1 aliphatic rings. The molecule has 27 heavy (non-hydrogen) atoms. The molecular formula is C20H19N7. The topological polar surface area (TPSA) is 95.2 Å². The average molecular weight is 357 g/mol. The number of H-pyrrole nitrogens is 1. The molecule has 134 valence electrons. The maximum absolute atomic E-state index is 8.87. The number of aromatic amines is 1. The fourth-order valence-electron chi connectivity index (χ4n) is 4.06. The van der Waals surface area contributed by atoms with Crippen molar-refractivity contribution in [2.24, 2.45) is 0 Å². The van der Waals surface area contributed by atoms with Gasteiger partial charge in [0, 0.05) is 29.9 Å². The molecule has 1 aliphatic carbocycles. The summed E-state index contributed by atoms with van der Waals surface area (Å²) in [5.74, 6) is 0.839. The van der Waals surface area contributed by atoms with Crippen LogP contribution in [0.1, 0.15) is 37.3 Å². The van der Waals surface area contributed by atoms with Gasteiger partial charge in [0.25, 0.3) is 0 Å². The van der Waals surface area contributed by atoms with Crippen LogP contribution in [0.4, 0.5) is 5.82 Å². The summed E-state index contributed by atoms with van der Waals surface area (Å²) >= 11 is 0. The second-order valence-electron chi connectivity index (χ2n) is 7.08. The number of rotatable bonds is 3. The summed E-state index contributed by atoms with van der Waals surface area (Å²) in [5, 5.41) is 13.5. The van der Waals surface area contributed by atoms with Gasteiger partial charge >= 0.3 is 0 Å². The molecule has 7 heteroatoms. The lowest BCUT2D eigenvalue weighted by atomic mass is 9.91. The fraction of sp³-hybridized carbons (Fsp3) is 0.300. The minimum atomic E-state index is 0.408. The molecule has 0 unspecified atom stereocenters. The van der Waals surface area contributed by atoms with E-state index in [9.17, 15) is 0 Å². The highest BCUT2D eigenvalue weighted by Gasteiger charge is 2.24. The molecule has 4 heterocycles. The van der Waals surface area contributed by atoms with Gasteiger partial charge in [-0.05, 0) is 43.9 Å². The van der Waals surface area contributed by atoms with Crippen molar-refractivity contribution < 1.29 is 0 Å². The summed E-state index contributed by atoms with van der Waals surface area (Å²) in [4.78, 5) is 16.5. The first-order valence-electron chi connectivity index (χ1n) is 9.23. The molecule has 0 aliphatic heterocycles. The lowest BCUT2D eigenvalue weighted by Gasteiger charge is -2.30. The van der Waals surface area contributed by atoms with E-state index in [-0.39, 0.29) is 0 Å². The zero-order valence-electron chi connectivity index (χ0n) is 14.8. The molecule has 0 amide bonds. The Morgan fingerprint density at radius 3 is 2.74 bits per heavy atom. The number of hydrogen-bond acceptors (Lipinski definition) is 5. The van der Waals surface area contributed by atoms with Gasteiger partial charge in [0.05, 0.1) is 23.6 Å². The molecule has 1 saturated carbocycles. The second-order valence-corrected chi connectivity index (χ2v) is 7.08. The van der Waals surface area contributed by atoms with Crippen LogP contribution in [0, 0.1) is 11.3 Å². The summed E-state index contributed by atoms with van der Waals surface area (Å²) in [6.45, 7) is 0. The smallest absolute Gasteiger partial charge is 0.139 e. The van der Waals surface area contributed by atoms with Crippen LogP contribution in [0.5, 0.6) is 0 Å². The lowest BCUT2D eigenvalue weighted by molar-refractivity contribution is 0.340. The Kier molecular flexibility index (Phi) is 3.75. The van der Waals surface area contributed by atoms with Crippen LogP contribution in [-0.4, -0.2) is 30.5 Å². The number of nitrogens with zero attached hydrogens (tertiary/aromatic N) is 5. The van der Waals surface area contributed by atoms with E-state index in [1.807, 2.05) is 24.8 Å². The van der Waals surface area contributed by atoms with Crippen molar-refractivity contribution in [3.63, 3.8) is 0 Å². The molecule has 0 spiro atoms. The van der Waals surface area contributed by atoms with Gasteiger partial charge in [-0.3, -0.25) is 0 Å². The normalized spacial score (nSPS) is 20.0. The van der Waals surface area contributed by atoms with E-state index in [2.05, 4.69) is 42.0 Å². The summed E-state index contributed by atoms with van der Waals surface area (Å²) in [6.07, 6.45) is 11.7. The Bertz CT molecular complexity index is 1120. The Morgan fingerprint density at radius 1 is 1.07 bits per heavy atom. The molecular weight excluding hydrogens is 338 g/mol. The summed E-state index contributed by atoms with van der Waals surface area (Å²) in [5.41, 5.74) is 3.61. The van der Waals surface area contributed by atoms with Gasteiger partial charge in [-0.15, -0.1) is 0 Å². The Morgan fingerprint density at radius 2 is 1.96 bits per heavy atom. The van der Waals surface area contributed by atoms with Gasteiger partial charge in [0.2, 0.25) is 0 Å². The number of nitrogens with one attached hydrogen (secondary N) is 2. The van der Waals surface area contributed by atoms with Gasteiger partial charge in [-0.25, -0.2) is 15.0 Å². The van der Waals surface area contributed by atoms with Crippen molar-refractivity contribution in [3.8, 4) is 6.07 Å². The van der Waals surface area contributed by atoms with E-state index < -0.39 is 0 Å². The molecule has 7 nitrogen and oxygen atoms in total. The Hall–Kier alpha value is -3.40. The van der Waals surface area contributed by atoms with E-state index in [0.717, 1.165) is 48.1 Å². The molecule has 4 aromatic heterocycles. The van der Waals surface area contributed by atoms with E-state index in [1.54, 1.807) is 12.3 Å². The molecule has 4 aromatic rings. The van der Waals surface area contributed by atoms with Gasteiger partial charge in [-0.1, -0.05) is 0 Å². The quantitative estimate of drug-likeness (QED) is 0.582. The van der Waals surface area contributed by atoms with Crippen LogP contribution >= 0.6 is 0 Å². The average Bonchev–Trinajstić information content (AvgIpc) is 3.35. The van der Waals surface area contributed by atoms with Crippen LogP contribution in [0.25, 0.3) is 22.1 Å². The van der Waals surface area contributed by atoms with Crippen LogP contribution < -0.4 is 5.32 Å². The van der Waals surface area contributed by atoms with Crippen molar-refractivity contribution in [1.82, 2.24) is 24.5 Å². The van der Waals surface area contributed by atoms with Crippen LogP contribution in [0.2, 0.25) is 0 Å². The number of aromatic nitrogens is 5. The van der Waals surface area contributed by atoms with Crippen molar-refractivity contribution in [3.05, 3.63) is 48.7 Å². The number of nitriles is 1. The standard InChI is InChI=1S/C20H19N7/c21-9-13-1-6-18(23-10-13)26-14-2-4-15(5-3-14)27-12-25-17-11-24-20-16(19(17)27)7-8-22-20/h1,6-8,10-12,14-15H,2-5H2,(H,22,24)(H,23,26)/t14-,15-. The first kappa shape index (κ1) is 15.8. The van der Waals surface area contributed by atoms with Gasteiger partial charge in [0.1, 0.15) is 23.1 Å². The first-order chi connectivity index (χ1) is 13.3. The zero-order valence-corrected chi connectivity index (χ0v) is 14.8. The maximum Gasteiger partial charge on any atom is 0.139 e. The van der Waals surface area contributed by atoms with E-state index in [0.29, 0.717) is 17.6 Å². The Labute approximate surface area is 156 Å². The molecule has 0 atom stereocenters. The fourth-order valence-corrected chi connectivity index (χ4v) is 4.06. The predicted molar refractivity (Wildman–Crippen MR) is 103 cm³/mol. The molecule has 1 fully saturated rings. The van der Waals surface area contributed by atoms with Crippen LogP contribution in [-0.2, 0) is 0 Å². The minimum Gasteiger partial charge on any atom is -0.367 e. The van der Waals surface area contributed by atoms with Crippen molar-refractivity contribution >= 4 is 27.9 Å². The first-order valence-corrected chi connectivity index (χ1v) is 9.23. The zero-order chi connectivity index (χ0) is 18.2. The highest BCUT2D eigenvalue weighted by Crippen LogP contribution is 2.34. The van der Waals surface area contributed by atoms with Crippen LogP contribution in [0.15, 0.2) is 43.1 Å². The van der Waals surface area contributed by atoms with Crippen LogP contribution in [0.3, 0.4) is 0 Å². The lowest BCUT2D eigenvalue weighted by Crippen LogP contribution is -2.27. The van der Waals surface area contributed by atoms with E-state index in [1.165, 1.54) is 5.52 Å². The summed E-state index contributed by atoms with van der Waals surface area (Å²) in [6, 6.07) is 8.71. The maximum atomic E-state index is 8.87. The highest BCUT2D eigenvalue weighted by atomic mass is 15.1. The monoisotopic (exact) mass is 357 g/mol. The van der Waals surface area contributed by atoms with E-state index >= 15 is 0 Å². The predicted octanol–water partition coefficient (Wildman–Crippen LogP) is 3.78. The summed E-state index contributed by atoms with van der Waals surface area (Å²) in [7, 11) is 0. The van der Waals surface area contributed by atoms with E-state index in [4.69, 9.17) is 5.26 Å². The third-order valence-corrected chi connectivity index (χ3v) is 5.45. The third kappa shape index (κ3) is 2.79. The molecule has 0 bridgehead atoms. The number of pyridine rings is 2. The van der Waals surface area contributed by atoms with Gasteiger partial charge < -0.3 is 14.9 Å². The number of hydrogen-bond donors (Lipinski definition) is 2. The van der Waals surface area contributed by atoms with Crippen molar-refractivity contribution in [1.29, 1.82) is 5.26 Å². The van der Waals surface area contributed by atoms with Gasteiger partial charge in [0.15, 0.2) is 0 Å². The van der Waals surface area contributed by atoms with Gasteiger partial charge in [-0.2, -0.15) is 5.26 Å². The third-order valence-electron chi connectivity index (χ3n) is 5.45. The largest absolute Gasteiger partial charge is 0.367 e. The Balaban J connectivity index is 1.32.